The molecular formula is C19H17ClF4N4O2. The fraction of sp³-hybridized carbons (Fsp3) is 0.316. The summed E-state index contributed by atoms with van der Waals surface area (Å²) in [7, 11) is 0. The predicted octanol–water partition coefficient (Wildman–Crippen LogP) is 3.51. The molecule has 3 rings (SSSR count). The Kier molecular flexibility index (Phi) is 6.16. The van der Waals surface area contributed by atoms with Crippen LogP contribution in [0.3, 0.4) is 0 Å². The second kappa shape index (κ2) is 8.47. The third-order valence-electron chi connectivity index (χ3n) is 4.71. The molecule has 1 aromatic carbocycles. The molecule has 2 heterocycles. The van der Waals surface area contributed by atoms with Crippen molar-refractivity contribution >= 4 is 23.5 Å². The van der Waals surface area contributed by atoms with Crippen LogP contribution in [0.25, 0.3) is 0 Å². The van der Waals surface area contributed by atoms with Crippen molar-refractivity contribution in [2.75, 3.05) is 13.1 Å². The van der Waals surface area contributed by atoms with Crippen LogP contribution in [0.2, 0.25) is 5.02 Å². The molecule has 6 nitrogen and oxygen atoms in total. The SMILES string of the molecule is C[C@@H]1C(=O)NCCN1C(=O)N[C@H](c1ccc(C(F)(F)F)nc1)c1ccc(F)c(Cl)c1. The Morgan fingerprint density at radius 1 is 1.30 bits per heavy atom. The summed E-state index contributed by atoms with van der Waals surface area (Å²) >= 11 is 5.84. The van der Waals surface area contributed by atoms with Crippen LogP contribution in [0.4, 0.5) is 22.4 Å². The number of urea groups is 1. The van der Waals surface area contributed by atoms with E-state index in [1.165, 1.54) is 23.1 Å². The smallest absolute Gasteiger partial charge is 0.353 e. The zero-order valence-corrected chi connectivity index (χ0v) is 16.4. The number of pyridine rings is 1. The summed E-state index contributed by atoms with van der Waals surface area (Å²) in [4.78, 5) is 29.4. The summed E-state index contributed by atoms with van der Waals surface area (Å²) in [6.45, 7) is 2.07. The van der Waals surface area contributed by atoms with E-state index in [9.17, 15) is 27.2 Å². The third-order valence-corrected chi connectivity index (χ3v) is 5.00. The number of carbonyl (C=O) groups is 2. The maximum atomic E-state index is 13.6. The lowest BCUT2D eigenvalue weighted by molar-refractivity contribution is -0.141. The van der Waals surface area contributed by atoms with Crippen LogP contribution in [0.1, 0.15) is 29.8 Å². The van der Waals surface area contributed by atoms with Gasteiger partial charge in [0, 0.05) is 19.3 Å². The van der Waals surface area contributed by atoms with Crippen LogP contribution in [-0.2, 0) is 11.0 Å². The van der Waals surface area contributed by atoms with Gasteiger partial charge in [0.15, 0.2) is 0 Å². The molecule has 0 unspecified atom stereocenters. The zero-order chi connectivity index (χ0) is 22.1. The largest absolute Gasteiger partial charge is 0.433 e. The molecule has 0 radical (unpaired) electrons. The van der Waals surface area contributed by atoms with Crippen molar-refractivity contribution in [1.29, 1.82) is 0 Å². The van der Waals surface area contributed by atoms with Gasteiger partial charge in [0.1, 0.15) is 17.6 Å². The first kappa shape index (κ1) is 21.8. The number of aromatic nitrogens is 1. The molecule has 2 N–H and O–H groups in total. The number of benzene rings is 1. The normalized spacial score (nSPS) is 18.0. The van der Waals surface area contributed by atoms with Gasteiger partial charge in [-0.3, -0.25) is 9.78 Å². The lowest BCUT2D eigenvalue weighted by Crippen LogP contribution is -2.58. The number of amides is 3. The topological polar surface area (TPSA) is 74.3 Å². The second-order valence-electron chi connectivity index (χ2n) is 6.69. The highest BCUT2D eigenvalue weighted by Gasteiger charge is 2.33. The van der Waals surface area contributed by atoms with E-state index < -0.39 is 35.8 Å². The number of piperazine rings is 1. The van der Waals surface area contributed by atoms with E-state index in [0.29, 0.717) is 5.56 Å². The number of halogens is 5. The van der Waals surface area contributed by atoms with Crippen molar-refractivity contribution in [3.8, 4) is 0 Å². The fourth-order valence-corrected chi connectivity index (χ4v) is 3.25. The number of hydrogen-bond donors (Lipinski definition) is 2. The summed E-state index contributed by atoms with van der Waals surface area (Å²) in [5.74, 6) is -1.01. The Labute approximate surface area is 174 Å². The highest BCUT2D eigenvalue weighted by atomic mass is 35.5. The van der Waals surface area contributed by atoms with Crippen molar-refractivity contribution in [1.82, 2.24) is 20.5 Å². The predicted molar refractivity (Wildman–Crippen MR) is 100 cm³/mol. The first-order chi connectivity index (χ1) is 14.1. The van der Waals surface area contributed by atoms with E-state index in [4.69, 9.17) is 11.6 Å². The van der Waals surface area contributed by atoms with Crippen LogP contribution in [0.5, 0.6) is 0 Å². The minimum absolute atomic E-state index is 0.211. The molecule has 1 aromatic heterocycles. The van der Waals surface area contributed by atoms with Crippen molar-refractivity contribution in [2.45, 2.75) is 25.2 Å². The van der Waals surface area contributed by atoms with E-state index >= 15 is 0 Å². The van der Waals surface area contributed by atoms with Crippen LogP contribution >= 0.6 is 11.6 Å². The van der Waals surface area contributed by atoms with E-state index in [0.717, 1.165) is 18.3 Å². The Morgan fingerprint density at radius 2 is 2.00 bits per heavy atom. The summed E-state index contributed by atoms with van der Waals surface area (Å²) in [6, 6.07) is 3.36. The van der Waals surface area contributed by atoms with E-state index in [1.54, 1.807) is 6.92 Å². The van der Waals surface area contributed by atoms with Gasteiger partial charge in [-0.05, 0) is 36.2 Å². The minimum atomic E-state index is -4.62. The lowest BCUT2D eigenvalue weighted by Gasteiger charge is -2.34. The molecule has 11 heteroatoms. The Balaban J connectivity index is 1.94. The molecule has 0 saturated carbocycles. The molecule has 160 valence electrons. The number of hydrogen-bond acceptors (Lipinski definition) is 3. The van der Waals surface area contributed by atoms with Crippen molar-refractivity contribution in [2.24, 2.45) is 0 Å². The molecule has 3 amide bonds. The molecule has 2 aromatic rings. The van der Waals surface area contributed by atoms with Gasteiger partial charge in [-0.25, -0.2) is 9.18 Å². The van der Waals surface area contributed by atoms with Gasteiger partial charge in [0.05, 0.1) is 11.1 Å². The van der Waals surface area contributed by atoms with Crippen molar-refractivity contribution < 1.29 is 27.2 Å². The van der Waals surface area contributed by atoms with Gasteiger partial charge >= 0.3 is 12.2 Å². The number of nitrogens with zero attached hydrogens (tertiary/aromatic N) is 2. The summed E-state index contributed by atoms with van der Waals surface area (Å²) in [6.07, 6.45) is -3.63. The molecule has 0 bridgehead atoms. The molecule has 30 heavy (non-hydrogen) atoms. The average Bonchev–Trinajstić information content (AvgIpc) is 2.69. The number of alkyl halides is 3. The Bertz CT molecular complexity index is 953. The van der Waals surface area contributed by atoms with Gasteiger partial charge in [-0.2, -0.15) is 13.2 Å². The quantitative estimate of drug-likeness (QED) is 0.711. The maximum Gasteiger partial charge on any atom is 0.433 e. The number of rotatable bonds is 3. The second-order valence-corrected chi connectivity index (χ2v) is 7.10. The van der Waals surface area contributed by atoms with Crippen molar-refractivity contribution in [3.05, 3.63) is 64.2 Å². The van der Waals surface area contributed by atoms with E-state index in [1.807, 2.05) is 0 Å². The maximum absolute atomic E-state index is 13.6. The number of nitrogens with one attached hydrogen (secondary N) is 2. The fourth-order valence-electron chi connectivity index (χ4n) is 3.06. The van der Waals surface area contributed by atoms with Crippen LogP contribution < -0.4 is 10.6 Å². The van der Waals surface area contributed by atoms with Gasteiger partial charge < -0.3 is 15.5 Å². The van der Waals surface area contributed by atoms with Crippen LogP contribution in [0.15, 0.2) is 36.5 Å². The van der Waals surface area contributed by atoms with Crippen LogP contribution in [-0.4, -0.2) is 41.0 Å². The first-order valence-corrected chi connectivity index (χ1v) is 9.28. The molecular weight excluding hydrogens is 428 g/mol. The summed E-state index contributed by atoms with van der Waals surface area (Å²) < 4.78 is 52.1. The molecule has 1 saturated heterocycles. The highest BCUT2D eigenvalue weighted by Crippen LogP contribution is 2.30. The number of carbonyl (C=O) groups excluding carboxylic acids is 2. The van der Waals surface area contributed by atoms with E-state index in [-0.39, 0.29) is 29.6 Å². The molecule has 0 spiro atoms. The first-order valence-electron chi connectivity index (χ1n) is 8.91. The molecule has 1 aliphatic heterocycles. The molecule has 1 fully saturated rings. The molecule has 2 atom stereocenters. The summed E-state index contributed by atoms with van der Waals surface area (Å²) in [5.41, 5.74) is -0.520. The van der Waals surface area contributed by atoms with Crippen LogP contribution in [0, 0.1) is 5.82 Å². The van der Waals surface area contributed by atoms with Gasteiger partial charge in [0.2, 0.25) is 5.91 Å². The monoisotopic (exact) mass is 444 g/mol. The lowest BCUT2D eigenvalue weighted by atomic mass is 9.99. The van der Waals surface area contributed by atoms with Crippen molar-refractivity contribution in [3.63, 3.8) is 0 Å². The Hall–Kier alpha value is -2.88. The highest BCUT2D eigenvalue weighted by molar-refractivity contribution is 6.30. The summed E-state index contributed by atoms with van der Waals surface area (Å²) in [5, 5.41) is 5.10. The molecule has 1 aliphatic rings. The average molecular weight is 445 g/mol. The molecule has 0 aliphatic carbocycles. The minimum Gasteiger partial charge on any atom is -0.353 e. The standard InChI is InChI=1S/C19H17ClF4N4O2/c1-10-17(29)25-6-7-28(10)18(30)27-16(11-2-4-14(21)13(20)8-11)12-3-5-15(26-9-12)19(22,23)24/h2-5,8-10,16H,6-7H2,1H3,(H,25,29)(H,27,30)/t10-,16+/m1/s1. The zero-order valence-electron chi connectivity index (χ0n) is 15.6. The van der Waals surface area contributed by atoms with Gasteiger partial charge in [0.25, 0.3) is 0 Å². The van der Waals surface area contributed by atoms with E-state index in [2.05, 4.69) is 15.6 Å². The third kappa shape index (κ3) is 4.64. The Morgan fingerprint density at radius 3 is 2.60 bits per heavy atom. The van der Waals surface area contributed by atoms with Gasteiger partial charge in [-0.1, -0.05) is 23.7 Å². The van der Waals surface area contributed by atoms with Gasteiger partial charge in [-0.15, -0.1) is 0 Å².